The quantitative estimate of drug-likeness (QED) is 0.817. The van der Waals surface area contributed by atoms with E-state index in [0.717, 1.165) is 23.3 Å². The Kier molecular flexibility index (Phi) is 4.88. The average molecular weight is 289 g/mol. The van der Waals surface area contributed by atoms with Gasteiger partial charge in [-0.2, -0.15) is 13.2 Å². The number of alkyl halides is 3. The summed E-state index contributed by atoms with van der Waals surface area (Å²) in [6, 6.07) is 5.83. The first-order valence-electron chi connectivity index (χ1n) is 6.57. The second-order valence-electron chi connectivity index (χ2n) is 4.73. The SMILES string of the molecule is CNC(CCOCC(F)(F)F)c1cccc2c1OCC2. The van der Waals surface area contributed by atoms with E-state index in [0.29, 0.717) is 13.0 Å². The molecule has 1 heterocycles. The Morgan fingerprint density at radius 3 is 2.90 bits per heavy atom. The predicted molar refractivity (Wildman–Crippen MR) is 68.9 cm³/mol. The van der Waals surface area contributed by atoms with Crippen LogP contribution in [0.3, 0.4) is 0 Å². The fourth-order valence-corrected chi connectivity index (χ4v) is 2.36. The van der Waals surface area contributed by atoms with Crippen molar-refractivity contribution in [3.63, 3.8) is 0 Å². The summed E-state index contributed by atoms with van der Waals surface area (Å²) in [7, 11) is 1.78. The van der Waals surface area contributed by atoms with Crippen molar-refractivity contribution in [2.45, 2.75) is 25.1 Å². The minimum atomic E-state index is -4.27. The Balaban J connectivity index is 1.94. The van der Waals surface area contributed by atoms with E-state index in [1.54, 1.807) is 7.05 Å². The zero-order chi connectivity index (χ0) is 14.6. The van der Waals surface area contributed by atoms with E-state index in [1.165, 1.54) is 0 Å². The van der Waals surface area contributed by atoms with Crippen LogP contribution in [0, 0.1) is 0 Å². The Hall–Kier alpha value is -1.27. The van der Waals surface area contributed by atoms with Crippen molar-refractivity contribution in [3.05, 3.63) is 29.3 Å². The summed E-state index contributed by atoms with van der Waals surface area (Å²) < 4.78 is 46.3. The first-order chi connectivity index (χ1) is 9.51. The monoisotopic (exact) mass is 289 g/mol. The highest BCUT2D eigenvalue weighted by Crippen LogP contribution is 2.34. The molecule has 1 atom stereocenters. The number of hydrogen-bond donors (Lipinski definition) is 1. The molecule has 0 fully saturated rings. The molecular formula is C14H18F3NO2. The van der Waals surface area contributed by atoms with Crippen LogP contribution in [0.4, 0.5) is 13.2 Å². The molecule has 0 saturated heterocycles. The van der Waals surface area contributed by atoms with Crippen molar-refractivity contribution < 1.29 is 22.6 Å². The summed E-state index contributed by atoms with van der Waals surface area (Å²) in [5, 5.41) is 3.10. The third-order valence-corrected chi connectivity index (χ3v) is 3.29. The van der Waals surface area contributed by atoms with Crippen molar-refractivity contribution in [1.29, 1.82) is 0 Å². The number of para-hydroxylation sites is 1. The van der Waals surface area contributed by atoms with Gasteiger partial charge >= 0.3 is 6.18 Å². The van der Waals surface area contributed by atoms with Crippen molar-refractivity contribution >= 4 is 0 Å². The molecular weight excluding hydrogens is 271 g/mol. The van der Waals surface area contributed by atoms with E-state index < -0.39 is 12.8 Å². The van der Waals surface area contributed by atoms with Crippen molar-refractivity contribution in [3.8, 4) is 5.75 Å². The third kappa shape index (κ3) is 3.86. The number of fused-ring (bicyclic) bond motifs is 1. The van der Waals surface area contributed by atoms with Gasteiger partial charge in [0.25, 0.3) is 0 Å². The molecule has 2 rings (SSSR count). The number of benzene rings is 1. The summed E-state index contributed by atoms with van der Waals surface area (Å²) in [6.45, 7) is -0.491. The molecule has 0 radical (unpaired) electrons. The molecule has 0 spiro atoms. The van der Waals surface area contributed by atoms with Crippen LogP contribution in [0.1, 0.15) is 23.6 Å². The molecule has 1 aliphatic heterocycles. The van der Waals surface area contributed by atoms with E-state index in [4.69, 9.17) is 4.74 Å². The van der Waals surface area contributed by atoms with Gasteiger partial charge in [0, 0.05) is 24.6 Å². The smallest absolute Gasteiger partial charge is 0.411 e. The fourth-order valence-electron chi connectivity index (χ4n) is 2.36. The maximum Gasteiger partial charge on any atom is 0.411 e. The maximum atomic E-state index is 12.0. The van der Waals surface area contributed by atoms with Crippen molar-refractivity contribution in [2.75, 3.05) is 26.9 Å². The summed E-state index contributed by atoms with van der Waals surface area (Å²) in [5.41, 5.74) is 2.14. The van der Waals surface area contributed by atoms with Crippen LogP contribution in [-0.2, 0) is 11.2 Å². The lowest BCUT2D eigenvalue weighted by Crippen LogP contribution is -2.22. The number of halogens is 3. The largest absolute Gasteiger partial charge is 0.493 e. The number of hydrogen-bond acceptors (Lipinski definition) is 3. The molecule has 3 nitrogen and oxygen atoms in total. The molecule has 1 aliphatic rings. The highest BCUT2D eigenvalue weighted by molar-refractivity contribution is 5.45. The van der Waals surface area contributed by atoms with Gasteiger partial charge in [-0.05, 0) is 19.0 Å². The number of nitrogens with one attached hydrogen (secondary N) is 1. The van der Waals surface area contributed by atoms with Crippen LogP contribution in [0.2, 0.25) is 0 Å². The third-order valence-electron chi connectivity index (χ3n) is 3.29. The van der Waals surface area contributed by atoms with Crippen LogP contribution in [0.25, 0.3) is 0 Å². The molecule has 0 aliphatic carbocycles. The van der Waals surface area contributed by atoms with E-state index in [9.17, 15) is 13.2 Å². The highest BCUT2D eigenvalue weighted by atomic mass is 19.4. The Labute approximate surface area is 116 Å². The second-order valence-corrected chi connectivity index (χ2v) is 4.73. The second kappa shape index (κ2) is 6.45. The van der Waals surface area contributed by atoms with Crippen molar-refractivity contribution in [1.82, 2.24) is 5.32 Å². The summed E-state index contributed by atoms with van der Waals surface area (Å²) in [5.74, 6) is 0.864. The average Bonchev–Trinajstić information content (AvgIpc) is 2.86. The predicted octanol–water partition coefficient (Wildman–Crippen LogP) is 2.85. The zero-order valence-electron chi connectivity index (χ0n) is 11.3. The minimum Gasteiger partial charge on any atom is -0.493 e. The fraction of sp³-hybridized carbons (Fsp3) is 0.571. The lowest BCUT2D eigenvalue weighted by molar-refractivity contribution is -0.174. The lowest BCUT2D eigenvalue weighted by atomic mass is 10.00. The van der Waals surface area contributed by atoms with Gasteiger partial charge < -0.3 is 14.8 Å². The van der Waals surface area contributed by atoms with Crippen molar-refractivity contribution in [2.24, 2.45) is 0 Å². The first kappa shape index (κ1) is 15.1. The van der Waals surface area contributed by atoms with Gasteiger partial charge in [0.1, 0.15) is 12.4 Å². The Bertz CT molecular complexity index is 449. The topological polar surface area (TPSA) is 30.5 Å². The van der Waals surface area contributed by atoms with Crippen LogP contribution in [0.15, 0.2) is 18.2 Å². The maximum absolute atomic E-state index is 12.0. The molecule has 6 heteroatoms. The Morgan fingerprint density at radius 1 is 1.40 bits per heavy atom. The normalized spacial score (nSPS) is 15.8. The molecule has 112 valence electrons. The molecule has 0 amide bonds. The number of ether oxygens (including phenoxy) is 2. The summed E-state index contributed by atoms with van der Waals surface area (Å²) >= 11 is 0. The summed E-state index contributed by atoms with van der Waals surface area (Å²) in [4.78, 5) is 0. The first-order valence-corrected chi connectivity index (χ1v) is 6.57. The van der Waals surface area contributed by atoms with Gasteiger partial charge in [-0.3, -0.25) is 0 Å². The molecule has 1 N–H and O–H groups in total. The van der Waals surface area contributed by atoms with Crippen LogP contribution < -0.4 is 10.1 Å². The molecule has 1 aromatic carbocycles. The van der Waals surface area contributed by atoms with E-state index >= 15 is 0 Å². The molecule has 0 aromatic heterocycles. The molecule has 20 heavy (non-hydrogen) atoms. The van der Waals surface area contributed by atoms with Gasteiger partial charge in [-0.1, -0.05) is 18.2 Å². The summed E-state index contributed by atoms with van der Waals surface area (Å²) in [6.07, 6.45) is -2.93. The van der Waals surface area contributed by atoms with E-state index in [2.05, 4.69) is 10.1 Å². The van der Waals surface area contributed by atoms with E-state index in [1.807, 2.05) is 18.2 Å². The molecule has 0 bridgehead atoms. The highest BCUT2D eigenvalue weighted by Gasteiger charge is 2.27. The van der Waals surface area contributed by atoms with Crippen LogP contribution >= 0.6 is 0 Å². The zero-order valence-corrected chi connectivity index (χ0v) is 11.3. The number of rotatable bonds is 6. The van der Waals surface area contributed by atoms with Gasteiger partial charge in [-0.15, -0.1) is 0 Å². The lowest BCUT2D eigenvalue weighted by Gasteiger charge is -2.19. The van der Waals surface area contributed by atoms with Gasteiger partial charge in [-0.25, -0.2) is 0 Å². The minimum absolute atomic E-state index is 0.0503. The van der Waals surface area contributed by atoms with Gasteiger partial charge in [0.2, 0.25) is 0 Å². The molecule has 1 aromatic rings. The van der Waals surface area contributed by atoms with Crippen LogP contribution in [-0.4, -0.2) is 33.0 Å². The van der Waals surface area contributed by atoms with Gasteiger partial charge in [0.15, 0.2) is 0 Å². The standard InChI is InChI=1S/C14H18F3NO2/c1-18-12(6-7-19-9-14(15,16)17)11-4-2-3-10-5-8-20-13(10)11/h2-4,12,18H,5-9H2,1H3. The van der Waals surface area contributed by atoms with Gasteiger partial charge in [0.05, 0.1) is 6.61 Å². The molecule has 1 unspecified atom stereocenters. The van der Waals surface area contributed by atoms with E-state index in [-0.39, 0.29) is 12.6 Å². The van der Waals surface area contributed by atoms with Crippen LogP contribution in [0.5, 0.6) is 5.75 Å². The molecule has 0 saturated carbocycles. The Morgan fingerprint density at radius 2 is 2.20 bits per heavy atom.